The second-order valence-electron chi connectivity index (χ2n) is 4.56. The number of ether oxygens (including phenoxy) is 2. The third kappa shape index (κ3) is 4.93. The highest BCUT2D eigenvalue weighted by atomic mass is 16.5. The van der Waals surface area contributed by atoms with Crippen molar-refractivity contribution in [2.24, 2.45) is 5.92 Å². The van der Waals surface area contributed by atoms with Crippen molar-refractivity contribution in [3.05, 3.63) is 6.33 Å². The molecule has 0 saturated carbocycles. The Bertz CT molecular complexity index is 372. The normalized spacial score (nSPS) is 12.2. The molecule has 1 unspecified atom stereocenters. The molecule has 0 fully saturated rings. The molecular weight excluding hydrogens is 242 g/mol. The highest BCUT2D eigenvalue weighted by molar-refractivity contribution is 5.55. The first-order chi connectivity index (χ1) is 9.22. The van der Waals surface area contributed by atoms with E-state index in [0.29, 0.717) is 36.6 Å². The van der Waals surface area contributed by atoms with Gasteiger partial charge in [0.15, 0.2) is 5.69 Å². The molecule has 1 rings (SSSR count). The van der Waals surface area contributed by atoms with E-state index in [0.717, 1.165) is 6.42 Å². The van der Waals surface area contributed by atoms with Crippen molar-refractivity contribution < 1.29 is 9.47 Å². The van der Waals surface area contributed by atoms with Crippen molar-refractivity contribution in [3.8, 4) is 11.8 Å². The maximum Gasteiger partial charge on any atom is 0.244 e. The van der Waals surface area contributed by atoms with Crippen molar-refractivity contribution >= 4 is 5.69 Å². The fraction of sp³-hybridized carbons (Fsp3) is 0.714. The Morgan fingerprint density at radius 1 is 1.16 bits per heavy atom. The first-order valence-corrected chi connectivity index (χ1v) is 7.08. The third-order valence-corrected chi connectivity index (χ3v) is 3.09. The monoisotopic (exact) mass is 267 g/mol. The number of nitrogens with two attached hydrogens (primary N) is 1. The highest BCUT2D eigenvalue weighted by Crippen LogP contribution is 2.27. The molecule has 0 radical (unpaired) electrons. The van der Waals surface area contributed by atoms with Crippen LogP contribution < -0.4 is 15.2 Å². The van der Waals surface area contributed by atoms with E-state index in [1.807, 2.05) is 6.92 Å². The number of unbranched alkanes of at least 4 members (excludes halogenated alkanes) is 1. The van der Waals surface area contributed by atoms with E-state index >= 15 is 0 Å². The minimum Gasteiger partial charge on any atom is -0.476 e. The van der Waals surface area contributed by atoms with Crippen LogP contribution in [0.3, 0.4) is 0 Å². The van der Waals surface area contributed by atoms with Crippen molar-refractivity contribution in [2.75, 3.05) is 18.9 Å². The van der Waals surface area contributed by atoms with E-state index < -0.39 is 0 Å². The Hall–Kier alpha value is -1.52. The minimum absolute atomic E-state index is 0.384. The summed E-state index contributed by atoms with van der Waals surface area (Å²) in [5.41, 5.74) is 6.31. The summed E-state index contributed by atoms with van der Waals surface area (Å²) in [5, 5.41) is 0. The lowest BCUT2D eigenvalue weighted by Gasteiger charge is -2.16. The molecule has 0 aliphatic rings. The first kappa shape index (κ1) is 15.5. The third-order valence-electron chi connectivity index (χ3n) is 3.09. The van der Waals surface area contributed by atoms with E-state index in [1.54, 1.807) is 0 Å². The molecule has 19 heavy (non-hydrogen) atoms. The predicted octanol–water partition coefficient (Wildman–Crippen LogP) is 3.05. The van der Waals surface area contributed by atoms with Crippen LogP contribution in [0.5, 0.6) is 11.8 Å². The van der Waals surface area contributed by atoms with Gasteiger partial charge in [-0.1, -0.05) is 33.1 Å². The molecule has 5 nitrogen and oxygen atoms in total. The number of rotatable bonds is 9. The van der Waals surface area contributed by atoms with Crippen LogP contribution in [-0.4, -0.2) is 23.2 Å². The summed E-state index contributed by atoms with van der Waals surface area (Å²) < 4.78 is 11.0. The molecule has 2 N–H and O–H groups in total. The Kier molecular flexibility index (Phi) is 7.00. The molecule has 1 atom stereocenters. The van der Waals surface area contributed by atoms with Gasteiger partial charge in [-0.05, 0) is 19.3 Å². The van der Waals surface area contributed by atoms with E-state index in [1.165, 1.54) is 25.6 Å². The lowest BCUT2D eigenvalue weighted by molar-refractivity contribution is 0.225. The second-order valence-corrected chi connectivity index (χ2v) is 4.56. The van der Waals surface area contributed by atoms with Crippen LogP contribution in [0.1, 0.15) is 46.5 Å². The molecule has 0 spiro atoms. The van der Waals surface area contributed by atoms with Crippen LogP contribution >= 0.6 is 0 Å². The maximum atomic E-state index is 5.92. The van der Waals surface area contributed by atoms with Crippen molar-refractivity contribution in [2.45, 2.75) is 46.5 Å². The molecular formula is C14H25N3O2. The van der Waals surface area contributed by atoms with Crippen molar-refractivity contribution in [1.82, 2.24) is 9.97 Å². The van der Waals surface area contributed by atoms with Gasteiger partial charge in [-0.25, -0.2) is 0 Å². The molecule has 0 saturated heterocycles. The fourth-order valence-electron chi connectivity index (χ4n) is 1.83. The lowest BCUT2D eigenvalue weighted by Crippen LogP contribution is -2.13. The van der Waals surface area contributed by atoms with Gasteiger partial charge in [0.1, 0.15) is 6.33 Å². The molecule has 1 aromatic heterocycles. The van der Waals surface area contributed by atoms with Gasteiger partial charge in [0.2, 0.25) is 11.8 Å². The van der Waals surface area contributed by atoms with Gasteiger partial charge < -0.3 is 15.2 Å². The summed E-state index contributed by atoms with van der Waals surface area (Å²) in [5.74, 6) is 1.37. The van der Waals surface area contributed by atoms with Gasteiger partial charge in [-0.3, -0.25) is 0 Å². The smallest absolute Gasteiger partial charge is 0.244 e. The van der Waals surface area contributed by atoms with E-state index in [2.05, 4.69) is 23.8 Å². The standard InChI is InChI=1S/C14H25N3O2/c1-4-7-8-11(5-2)9-19-14-12(15)13(18-6-3)16-10-17-14/h10-11H,4-9,15H2,1-3H3. The maximum absolute atomic E-state index is 5.92. The van der Waals surface area contributed by atoms with Crippen LogP contribution in [0.25, 0.3) is 0 Å². The zero-order valence-electron chi connectivity index (χ0n) is 12.2. The lowest BCUT2D eigenvalue weighted by atomic mass is 10.0. The van der Waals surface area contributed by atoms with Gasteiger partial charge in [0, 0.05) is 0 Å². The average Bonchev–Trinajstić information content (AvgIpc) is 2.43. The van der Waals surface area contributed by atoms with E-state index in [-0.39, 0.29) is 0 Å². The van der Waals surface area contributed by atoms with Crippen molar-refractivity contribution in [3.63, 3.8) is 0 Å². The molecule has 0 aromatic carbocycles. The van der Waals surface area contributed by atoms with Gasteiger partial charge >= 0.3 is 0 Å². The van der Waals surface area contributed by atoms with Gasteiger partial charge in [-0.2, -0.15) is 9.97 Å². The zero-order valence-corrected chi connectivity index (χ0v) is 12.2. The van der Waals surface area contributed by atoms with Crippen LogP contribution in [0, 0.1) is 5.92 Å². The SMILES string of the molecule is CCCCC(CC)COc1ncnc(OCC)c1N. The number of nitrogens with zero attached hydrogens (tertiary/aromatic N) is 2. The molecule has 1 aromatic rings. The quantitative estimate of drug-likeness (QED) is 0.744. The number of anilines is 1. The van der Waals surface area contributed by atoms with Gasteiger partial charge in [0.05, 0.1) is 13.2 Å². The Morgan fingerprint density at radius 2 is 1.84 bits per heavy atom. The number of hydrogen-bond acceptors (Lipinski definition) is 5. The molecule has 108 valence electrons. The largest absolute Gasteiger partial charge is 0.476 e. The average molecular weight is 267 g/mol. The molecule has 0 aliphatic heterocycles. The fourth-order valence-corrected chi connectivity index (χ4v) is 1.83. The zero-order chi connectivity index (χ0) is 14.1. The van der Waals surface area contributed by atoms with Crippen LogP contribution in [0.15, 0.2) is 6.33 Å². The summed E-state index contributed by atoms with van der Waals surface area (Å²) in [6.07, 6.45) is 6.13. The summed E-state index contributed by atoms with van der Waals surface area (Å²) >= 11 is 0. The molecule has 0 amide bonds. The van der Waals surface area contributed by atoms with Crippen molar-refractivity contribution in [1.29, 1.82) is 0 Å². The number of nitrogen functional groups attached to an aromatic ring is 1. The molecule has 5 heteroatoms. The predicted molar refractivity (Wildman–Crippen MR) is 76.4 cm³/mol. The van der Waals surface area contributed by atoms with Crippen LogP contribution in [0.4, 0.5) is 5.69 Å². The van der Waals surface area contributed by atoms with Gasteiger partial charge in [0.25, 0.3) is 0 Å². The summed E-state index contributed by atoms with van der Waals surface area (Å²) in [7, 11) is 0. The van der Waals surface area contributed by atoms with Gasteiger partial charge in [-0.15, -0.1) is 0 Å². The topological polar surface area (TPSA) is 70.3 Å². The summed E-state index contributed by atoms with van der Waals surface area (Å²) in [6.45, 7) is 7.43. The Morgan fingerprint density at radius 3 is 2.42 bits per heavy atom. The van der Waals surface area contributed by atoms with Crippen LogP contribution in [-0.2, 0) is 0 Å². The Balaban J connectivity index is 2.58. The van der Waals surface area contributed by atoms with Crippen LogP contribution in [0.2, 0.25) is 0 Å². The summed E-state index contributed by atoms with van der Waals surface area (Å²) in [4.78, 5) is 8.06. The number of aromatic nitrogens is 2. The summed E-state index contributed by atoms with van der Waals surface area (Å²) in [6, 6.07) is 0. The van der Waals surface area contributed by atoms with E-state index in [4.69, 9.17) is 15.2 Å². The Labute approximate surface area is 115 Å². The molecule has 0 aliphatic carbocycles. The van der Waals surface area contributed by atoms with E-state index in [9.17, 15) is 0 Å². The number of hydrogen-bond donors (Lipinski definition) is 1. The highest BCUT2D eigenvalue weighted by Gasteiger charge is 2.13. The second kappa shape index (κ2) is 8.56. The minimum atomic E-state index is 0.384. The molecule has 1 heterocycles. The first-order valence-electron chi connectivity index (χ1n) is 7.08. The molecule has 0 bridgehead atoms.